The number of carbonyl (C=O) groups excluding carboxylic acids is 2. The first-order valence-corrected chi connectivity index (χ1v) is 6.46. The Morgan fingerprint density at radius 2 is 1.84 bits per heavy atom. The van der Waals surface area contributed by atoms with Crippen LogP contribution in [0.4, 0.5) is 4.79 Å². The zero-order valence-corrected chi connectivity index (χ0v) is 11.4. The van der Waals surface area contributed by atoms with Crippen molar-refractivity contribution in [3.05, 3.63) is 0 Å². The zero-order valence-electron chi connectivity index (χ0n) is 11.4. The molecular weight excluding hydrogens is 250 g/mol. The Kier molecular flexibility index (Phi) is 5.14. The van der Waals surface area contributed by atoms with Crippen LogP contribution in [0.2, 0.25) is 0 Å². The molecule has 3 N–H and O–H groups in total. The second-order valence-electron chi connectivity index (χ2n) is 4.71. The average molecular weight is 271 g/mol. The highest BCUT2D eigenvalue weighted by atomic mass is 16.4. The lowest BCUT2D eigenvalue weighted by atomic mass is 9.98. The Bertz CT molecular complexity index is 364. The molecule has 3 amide bonds. The highest BCUT2D eigenvalue weighted by Gasteiger charge is 2.43. The molecule has 1 aliphatic rings. The van der Waals surface area contributed by atoms with Gasteiger partial charge in [0.1, 0.15) is 12.1 Å². The summed E-state index contributed by atoms with van der Waals surface area (Å²) in [5.74, 6) is -1.29. The van der Waals surface area contributed by atoms with Gasteiger partial charge in [-0.3, -0.25) is 4.79 Å². The van der Waals surface area contributed by atoms with Crippen LogP contribution in [0.25, 0.3) is 0 Å². The molecule has 1 aliphatic carbocycles. The maximum atomic E-state index is 12.1. The highest BCUT2D eigenvalue weighted by Crippen LogP contribution is 2.30. The summed E-state index contributed by atoms with van der Waals surface area (Å²) in [7, 11) is 1.49. The quantitative estimate of drug-likeness (QED) is 0.663. The molecular formula is C12H21N3O4. The fraction of sp³-hybridized carbons (Fsp3) is 0.750. The molecule has 7 heteroatoms. The van der Waals surface area contributed by atoms with Crippen molar-refractivity contribution in [1.29, 1.82) is 0 Å². The number of aliphatic carboxylic acids is 1. The first kappa shape index (κ1) is 15.3. The molecule has 0 radical (unpaired) electrons. The molecule has 7 nitrogen and oxygen atoms in total. The SMILES string of the molecule is CCN(CC(=O)NC)C(=O)NC1(C(=O)O)CCCC1. The first-order chi connectivity index (χ1) is 8.95. The summed E-state index contributed by atoms with van der Waals surface area (Å²) in [5, 5.41) is 14.3. The molecule has 0 aliphatic heterocycles. The molecule has 0 aromatic heterocycles. The van der Waals surface area contributed by atoms with Gasteiger partial charge in [0.05, 0.1) is 0 Å². The van der Waals surface area contributed by atoms with E-state index in [0.29, 0.717) is 19.4 Å². The largest absolute Gasteiger partial charge is 0.480 e. The molecule has 0 heterocycles. The number of hydrogen-bond acceptors (Lipinski definition) is 3. The van der Waals surface area contributed by atoms with Gasteiger partial charge in [0.15, 0.2) is 0 Å². The summed E-state index contributed by atoms with van der Waals surface area (Å²) in [4.78, 5) is 36.0. The van der Waals surface area contributed by atoms with Crippen LogP contribution in [0, 0.1) is 0 Å². The van der Waals surface area contributed by atoms with Crippen molar-refractivity contribution in [2.24, 2.45) is 0 Å². The third-order valence-electron chi connectivity index (χ3n) is 3.49. The van der Waals surface area contributed by atoms with Gasteiger partial charge >= 0.3 is 12.0 Å². The molecule has 0 bridgehead atoms. The van der Waals surface area contributed by atoms with Crippen molar-refractivity contribution >= 4 is 17.9 Å². The van der Waals surface area contributed by atoms with Crippen LogP contribution in [0.1, 0.15) is 32.6 Å². The number of carboxylic acid groups (broad SMARTS) is 1. The normalized spacial score (nSPS) is 16.7. The molecule has 108 valence electrons. The number of hydrogen-bond donors (Lipinski definition) is 3. The Labute approximate surface area is 112 Å². The number of carboxylic acids is 1. The number of urea groups is 1. The predicted octanol–water partition coefficient (Wildman–Crippen LogP) is 0.161. The van der Waals surface area contributed by atoms with Crippen molar-refractivity contribution in [3.8, 4) is 0 Å². The maximum Gasteiger partial charge on any atom is 0.329 e. The highest BCUT2D eigenvalue weighted by molar-refractivity contribution is 5.88. The molecule has 19 heavy (non-hydrogen) atoms. The van der Waals surface area contributed by atoms with E-state index in [1.54, 1.807) is 6.92 Å². The molecule has 0 aromatic carbocycles. The van der Waals surface area contributed by atoms with E-state index in [1.165, 1.54) is 11.9 Å². The Hall–Kier alpha value is -1.79. The topological polar surface area (TPSA) is 98.7 Å². The molecule has 1 fully saturated rings. The lowest BCUT2D eigenvalue weighted by molar-refractivity contribution is -0.144. The van der Waals surface area contributed by atoms with Gasteiger partial charge in [0.2, 0.25) is 5.91 Å². The second-order valence-corrected chi connectivity index (χ2v) is 4.71. The van der Waals surface area contributed by atoms with Crippen molar-refractivity contribution < 1.29 is 19.5 Å². The van der Waals surface area contributed by atoms with Crippen LogP contribution in [-0.2, 0) is 9.59 Å². The van der Waals surface area contributed by atoms with Gasteiger partial charge in [-0.1, -0.05) is 12.8 Å². The summed E-state index contributed by atoms with van der Waals surface area (Å²) in [6.07, 6.45) is 2.44. The Morgan fingerprint density at radius 1 is 1.26 bits per heavy atom. The van der Waals surface area contributed by atoms with Gasteiger partial charge in [-0.2, -0.15) is 0 Å². The lowest BCUT2D eigenvalue weighted by Gasteiger charge is -2.29. The van der Waals surface area contributed by atoms with Crippen LogP contribution in [0.5, 0.6) is 0 Å². The van der Waals surface area contributed by atoms with Crippen molar-refractivity contribution in [1.82, 2.24) is 15.5 Å². The van der Waals surface area contributed by atoms with Crippen molar-refractivity contribution in [2.75, 3.05) is 20.1 Å². The smallest absolute Gasteiger partial charge is 0.329 e. The fourth-order valence-electron chi connectivity index (χ4n) is 2.23. The van der Waals surface area contributed by atoms with Crippen LogP contribution in [0.15, 0.2) is 0 Å². The first-order valence-electron chi connectivity index (χ1n) is 6.46. The van der Waals surface area contributed by atoms with Gasteiger partial charge in [0, 0.05) is 13.6 Å². The standard InChI is InChI=1S/C12H21N3O4/c1-3-15(8-9(16)13-2)11(19)14-12(10(17)18)6-4-5-7-12/h3-8H2,1-2H3,(H,13,16)(H,14,19)(H,17,18). The minimum absolute atomic E-state index is 0.0749. The minimum Gasteiger partial charge on any atom is -0.480 e. The molecule has 0 aromatic rings. The molecule has 0 unspecified atom stereocenters. The summed E-state index contributed by atoms with van der Waals surface area (Å²) in [5.41, 5.74) is -1.17. The summed E-state index contributed by atoms with van der Waals surface area (Å²) in [6.45, 7) is 2.01. The van der Waals surface area contributed by atoms with Crippen LogP contribution >= 0.6 is 0 Å². The molecule has 0 saturated heterocycles. The van der Waals surface area contributed by atoms with E-state index < -0.39 is 17.5 Å². The van der Waals surface area contributed by atoms with Crippen LogP contribution < -0.4 is 10.6 Å². The fourth-order valence-corrected chi connectivity index (χ4v) is 2.23. The number of nitrogens with zero attached hydrogens (tertiary/aromatic N) is 1. The molecule has 1 rings (SSSR count). The van der Waals surface area contributed by atoms with Crippen molar-refractivity contribution in [2.45, 2.75) is 38.1 Å². The van der Waals surface area contributed by atoms with E-state index in [9.17, 15) is 19.5 Å². The number of likely N-dealkylation sites (N-methyl/N-ethyl adjacent to an activating group) is 2. The van der Waals surface area contributed by atoms with E-state index in [-0.39, 0.29) is 12.5 Å². The summed E-state index contributed by atoms with van der Waals surface area (Å²) < 4.78 is 0. The third-order valence-corrected chi connectivity index (χ3v) is 3.49. The van der Waals surface area contributed by atoms with Crippen molar-refractivity contribution in [3.63, 3.8) is 0 Å². The lowest BCUT2D eigenvalue weighted by Crippen LogP contribution is -2.57. The molecule has 0 spiro atoms. The molecule has 0 atom stereocenters. The van der Waals surface area contributed by atoms with Gasteiger partial charge in [-0.05, 0) is 19.8 Å². The minimum atomic E-state index is -1.17. The van der Waals surface area contributed by atoms with Gasteiger partial charge in [-0.25, -0.2) is 9.59 Å². The number of rotatable bonds is 5. The predicted molar refractivity (Wildman–Crippen MR) is 68.7 cm³/mol. The number of carbonyl (C=O) groups is 3. The average Bonchev–Trinajstić information content (AvgIpc) is 2.85. The third kappa shape index (κ3) is 3.59. The van der Waals surface area contributed by atoms with Gasteiger partial charge in [-0.15, -0.1) is 0 Å². The van der Waals surface area contributed by atoms with E-state index in [2.05, 4.69) is 10.6 Å². The van der Waals surface area contributed by atoms with Crippen LogP contribution in [0.3, 0.4) is 0 Å². The molecule has 1 saturated carbocycles. The monoisotopic (exact) mass is 271 g/mol. The summed E-state index contributed by atoms with van der Waals surface area (Å²) in [6, 6.07) is -0.504. The number of nitrogens with one attached hydrogen (secondary N) is 2. The Balaban J connectivity index is 2.70. The number of amides is 3. The van der Waals surface area contributed by atoms with E-state index in [4.69, 9.17) is 0 Å². The second kappa shape index (κ2) is 6.40. The van der Waals surface area contributed by atoms with E-state index in [0.717, 1.165) is 12.8 Å². The van der Waals surface area contributed by atoms with E-state index >= 15 is 0 Å². The van der Waals surface area contributed by atoms with Crippen LogP contribution in [-0.4, -0.2) is 53.6 Å². The van der Waals surface area contributed by atoms with E-state index in [1.807, 2.05) is 0 Å². The maximum absolute atomic E-state index is 12.1. The van der Waals surface area contributed by atoms with Gasteiger partial charge in [0.25, 0.3) is 0 Å². The zero-order chi connectivity index (χ0) is 14.5. The van der Waals surface area contributed by atoms with Gasteiger partial charge < -0.3 is 20.6 Å². The Morgan fingerprint density at radius 3 is 2.26 bits per heavy atom. The summed E-state index contributed by atoms with van der Waals surface area (Å²) >= 11 is 0.